The molecule has 3 heteroatoms. The molecule has 0 aromatic heterocycles. The Morgan fingerprint density at radius 2 is 2.28 bits per heavy atom. The van der Waals surface area contributed by atoms with Gasteiger partial charge in [0.2, 0.25) is 0 Å². The standard InChI is InChI=1S/C15H17NO2/c1-2-18-15(17)11-7-5-9-13-14(11)10-6-3-4-8-12(10)16-13/h3-4,6,8,11,14H,2,5,7,9H2,1H3. The van der Waals surface area contributed by atoms with Crippen LogP contribution in [0.1, 0.15) is 37.7 Å². The van der Waals surface area contributed by atoms with E-state index in [0.717, 1.165) is 24.9 Å². The molecule has 18 heavy (non-hydrogen) atoms. The summed E-state index contributed by atoms with van der Waals surface area (Å²) in [7, 11) is 0. The first-order valence-electron chi connectivity index (χ1n) is 6.64. The number of carbonyl (C=O) groups excluding carboxylic acids is 1. The van der Waals surface area contributed by atoms with Crippen molar-refractivity contribution in [1.29, 1.82) is 0 Å². The molecular formula is C15H17NO2. The summed E-state index contributed by atoms with van der Waals surface area (Å²) >= 11 is 0. The Morgan fingerprint density at radius 1 is 1.44 bits per heavy atom. The fraction of sp³-hybridized carbons (Fsp3) is 0.467. The number of carbonyl (C=O) groups is 1. The lowest BCUT2D eigenvalue weighted by atomic mass is 9.75. The molecule has 1 fully saturated rings. The van der Waals surface area contributed by atoms with Crippen LogP contribution in [-0.4, -0.2) is 18.3 Å². The average Bonchev–Trinajstić information content (AvgIpc) is 2.77. The number of esters is 1. The van der Waals surface area contributed by atoms with Crippen molar-refractivity contribution < 1.29 is 9.53 Å². The third-order valence-electron chi connectivity index (χ3n) is 3.83. The molecule has 0 bridgehead atoms. The number of fused-ring (bicyclic) bond motifs is 3. The van der Waals surface area contributed by atoms with Crippen molar-refractivity contribution in [2.75, 3.05) is 6.61 Å². The predicted octanol–water partition coefficient (Wildman–Crippen LogP) is 3.22. The third-order valence-corrected chi connectivity index (χ3v) is 3.83. The van der Waals surface area contributed by atoms with Crippen LogP contribution >= 0.6 is 0 Å². The van der Waals surface area contributed by atoms with Crippen LogP contribution in [-0.2, 0) is 9.53 Å². The van der Waals surface area contributed by atoms with Crippen molar-refractivity contribution in [2.45, 2.75) is 32.1 Å². The summed E-state index contributed by atoms with van der Waals surface area (Å²) in [4.78, 5) is 16.7. The van der Waals surface area contributed by atoms with Gasteiger partial charge in [-0.1, -0.05) is 18.2 Å². The van der Waals surface area contributed by atoms with Crippen molar-refractivity contribution in [1.82, 2.24) is 0 Å². The topological polar surface area (TPSA) is 38.7 Å². The molecule has 0 spiro atoms. The fourth-order valence-electron chi connectivity index (χ4n) is 3.09. The second-order valence-corrected chi connectivity index (χ2v) is 4.89. The minimum Gasteiger partial charge on any atom is -0.466 e. The van der Waals surface area contributed by atoms with Crippen molar-refractivity contribution in [2.24, 2.45) is 10.9 Å². The molecule has 0 saturated heterocycles. The van der Waals surface area contributed by atoms with Crippen molar-refractivity contribution in [3.05, 3.63) is 29.8 Å². The largest absolute Gasteiger partial charge is 0.466 e. The van der Waals surface area contributed by atoms with Crippen LogP contribution in [0.3, 0.4) is 0 Å². The zero-order valence-corrected chi connectivity index (χ0v) is 10.6. The van der Waals surface area contributed by atoms with Gasteiger partial charge in [0.15, 0.2) is 0 Å². The van der Waals surface area contributed by atoms with E-state index < -0.39 is 0 Å². The van der Waals surface area contributed by atoms with Crippen molar-refractivity contribution >= 4 is 17.4 Å². The van der Waals surface area contributed by atoms with E-state index in [1.54, 1.807) is 0 Å². The van der Waals surface area contributed by atoms with Gasteiger partial charge < -0.3 is 4.74 Å². The lowest BCUT2D eigenvalue weighted by Gasteiger charge is -2.28. The first kappa shape index (κ1) is 11.5. The van der Waals surface area contributed by atoms with Crippen molar-refractivity contribution in [3.8, 4) is 0 Å². The fourth-order valence-corrected chi connectivity index (χ4v) is 3.09. The summed E-state index contributed by atoms with van der Waals surface area (Å²) in [5, 5.41) is 0. The molecule has 2 unspecified atom stereocenters. The maximum absolute atomic E-state index is 12.1. The minimum atomic E-state index is -0.0633. The smallest absolute Gasteiger partial charge is 0.309 e. The zero-order chi connectivity index (χ0) is 12.5. The predicted molar refractivity (Wildman–Crippen MR) is 70.3 cm³/mol. The van der Waals surface area contributed by atoms with Crippen LogP contribution in [0.2, 0.25) is 0 Å². The van der Waals surface area contributed by atoms with Gasteiger partial charge in [-0.3, -0.25) is 9.79 Å². The lowest BCUT2D eigenvalue weighted by molar-refractivity contribution is -0.148. The molecule has 2 aliphatic rings. The quantitative estimate of drug-likeness (QED) is 0.748. The molecule has 1 aliphatic carbocycles. The Morgan fingerprint density at radius 3 is 3.11 bits per heavy atom. The zero-order valence-electron chi connectivity index (χ0n) is 10.6. The van der Waals surface area contributed by atoms with Crippen LogP contribution < -0.4 is 0 Å². The molecule has 1 aromatic rings. The Hall–Kier alpha value is -1.64. The Bertz CT molecular complexity index is 507. The average molecular weight is 243 g/mol. The summed E-state index contributed by atoms with van der Waals surface area (Å²) < 4.78 is 5.21. The highest BCUT2D eigenvalue weighted by atomic mass is 16.5. The van der Waals surface area contributed by atoms with Crippen LogP contribution in [0.5, 0.6) is 0 Å². The highest BCUT2D eigenvalue weighted by Gasteiger charge is 2.40. The van der Waals surface area contributed by atoms with E-state index in [4.69, 9.17) is 4.74 Å². The number of nitrogens with zero attached hydrogens (tertiary/aromatic N) is 1. The van der Waals surface area contributed by atoms with Crippen LogP contribution in [0, 0.1) is 5.92 Å². The van der Waals surface area contributed by atoms with Gasteiger partial charge in [0.05, 0.1) is 18.2 Å². The van der Waals surface area contributed by atoms with Gasteiger partial charge in [0, 0.05) is 11.6 Å². The SMILES string of the molecule is CCOC(=O)C1CCCC2=Nc3ccccc3C21. The Kier molecular flexibility index (Phi) is 2.90. The number of aliphatic imine (C=N–C) groups is 1. The second-order valence-electron chi connectivity index (χ2n) is 4.89. The lowest BCUT2D eigenvalue weighted by Crippen LogP contribution is -2.31. The van der Waals surface area contributed by atoms with Gasteiger partial charge in [-0.25, -0.2) is 0 Å². The summed E-state index contributed by atoms with van der Waals surface area (Å²) in [6.07, 6.45) is 2.96. The number of para-hydroxylation sites is 1. The Balaban J connectivity index is 1.95. The molecule has 3 nitrogen and oxygen atoms in total. The second kappa shape index (κ2) is 4.56. The molecule has 1 heterocycles. The monoisotopic (exact) mass is 243 g/mol. The molecule has 0 radical (unpaired) electrons. The minimum absolute atomic E-state index is 0.0406. The highest BCUT2D eigenvalue weighted by Crippen LogP contribution is 2.45. The normalized spacial score (nSPS) is 25.1. The van der Waals surface area contributed by atoms with Gasteiger partial charge in [-0.15, -0.1) is 0 Å². The van der Waals surface area contributed by atoms with Gasteiger partial charge in [-0.05, 0) is 37.8 Å². The summed E-state index contributed by atoms with van der Waals surface area (Å²) in [5.41, 5.74) is 3.40. The molecule has 94 valence electrons. The first-order valence-corrected chi connectivity index (χ1v) is 6.64. The molecule has 0 N–H and O–H groups in total. The molecule has 1 saturated carbocycles. The van der Waals surface area contributed by atoms with E-state index in [2.05, 4.69) is 11.1 Å². The van der Waals surface area contributed by atoms with Gasteiger partial charge in [0.25, 0.3) is 0 Å². The van der Waals surface area contributed by atoms with E-state index in [9.17, 15) is 4.79 Å². The molecular weight excluding hydrogens is 226 g/mol. The van der Waals surface area contributed by atoms with E-state index in [1.165, 1.54) is 11.3 Å². The summed E-state index contributed by atoms with van der Waals surface area (Å²) in [6, 6.07) is 8.14. The molecule has 2 atom stereocenters. The maximum atomic E-state index is 12.1. The van der Waals surface area contributed by atoms with Gasteiger partial charge in [-0.2, -0.15) is 0 Å². The van der Waals surface area contributed by atoms with Gasteiger partial charge in [0.1, 0.15) is 0 Å². The first-order chi connectivity index (χ1) is 8.81. The Labute approximate surface area is 107 Å². The van der Waals surface area contributed by atoms with Crippen LogP contribution in [0.4, 0.5) is 5.69 Å². The van der Waals surface area contributed by atoms with Crippen molar-refractivity contribution in [3.63, 3.8) is 0 Å². The van der Waals surface area contributed by atoms with E-state index >= 15 is 0 Å². The third kappa shape index (κ3) is 1.74. The number of ether oxygens (including phenoxy) is 1. The molecule has 0 amide bonds. The molecule has 1 aliphatic heterocycles. The molecule has 3 rings (SSSR count). The van der Waals surface area contributed by atoms with E-state index in [-0.39, 0.29) is 17.8 Å². The number of hydrogen-bond acceptors (Lipinski definition) is 3. The number of benzene rings is 1. The highest BCUT2D eigenvalue weighted by molar-refractivity contribution is 6.01. The summed E-state index contributed by atoms with van der Waals surface area (Å²) in [5.74, 6) is 0.0571. The van der Waals surface area contributed by atoms with E-state index in [0.29, 0.717) is 6.61 Å². The van der Waals surface area contributed by atoms with Gasteiger partial charge >= 0.3 is 5.97 Å². The summed E-state index contributed by atoms with van der Waals surface area (Å²) in [6.45, 7) is 2.31. The number of rotatable bonds is 2. The van der Waals surface area contributed by atoms with Crippen LogP contribution in [0.15, 0.2) is 29.3 Å². The maximum Gasteiger partial charge on any atom is 0.309 e. The molecule has 1 aromatic carbocycles. The van der Waals surface area contributed by atoms with Crippen LogP contribution in [0.25, 0.3) is 0 Å². The number of hydrogen-bond donors (Lipinski definition) is 0. The van der Waals surface area contributed by atoms with E-state index in [1.807, 2.05) is 25.1 Å².